The second-order valence-corrected chi connectivity index (χ2v) is 4.32. The van der Waals surface area contributed by atoms with Crippen LogP contribution < -0.4 is 14.8 Å². The van der Waals surface area contributed by atoms with Gasteiger partial charge in [0.2, 0.25) is 6.79 Å². The molecule has 0 aromatic heterocycles. The maximum atomic E-state index is 13.7. The van der Waals surface area contributed by atoms with Gasteiger partial charge in [-0.2, -0.15) is 0 Å². The van der Waals surface area contributed by atoms with Crippen molar-refractivity contribution in [2.45, 2.75) is 12.8 Å². The quantitative estimate of drug-likeness (QED) is 0.828. The van der Waals surface area contributed by atoms with Crippen molar-refractivity contribution in [1.29, 1.82) is 0 Å². The molecule has 1 aromatic rings. The molecule has 0 radical (unpaired) electrons. The molecule has 1 N–H and O–H groups in total. The number of ether oxygens (including phenoxy) is 2. The molecule has 2 aliphatic heterocycles. The van der Waals surface area contributed by atoms with Crippen molar-refractivity contribution in [3.05, 3.63) is 23.5 Å². The Morgan fingerprint density at radius 3 is 3.12 bits per heavy atom. The molecule has 3 nitrogen and oxygen atoms in total. The van der Waals surface area contributed by atoms with Crippen molar-refractivity contribution >= 4 is 0 Å². The predicted octanol–water partition coefficient (Wildman–Crippen LogP) is 1.71. The van der Waals surface area contributed by atoms with E-state index in [4.69, 9.17) is 9.47 Å². The van der Waals surface area contributed by atoms with Crippen LogP contribution in [0.1, 0.15) is 12.0 Å². The van der Waals surface area contributed by atoms with Gasteiger partial charge in [0.1, 0.15) is 5.82 Å². The summed E-state index contributed by atoms with van der Waals surface area (Å²) >= 11 is 0. The molecular formula is C12H14FNO2. The van der Waals surface area contributed by atoms with Crippen molar-refractivity contribution in [2.24, 2.45) is 5.92 Å². The molecule has 16 heavy (non-hydrogen) atoms. The van der Waals surface area contributed by atoms with Gasteiger partial charge in [0.15, 0.2) is 11.5 Å². The number of halogens is 1. The van der Waals surface area contributed by atoms with Crippen molar-refractivity contribution in [3.63, 3.8) is 0 Å². The van der Waals surface area contributed by atoms with Gasteiger partial charge < -0.3 is 14.8 Å². The molecule has 1 unspecified atom stereocenters. The Morgan fingerprint density at radius 1 is 1.38 bits per heavy atom. The normalized spacial score (nSPS) is 22.7. The zero-order chi connectivity index (χ0) is 11.0. The molecule has 0 aliphatic carbocycles. The van der Waals surface area contributed by atoms with E-state index in [2.05, 4.69) is 5.32 Å². The van der Waals surface area contributed by atoms with Crippen LogP contribution >= 0.6 is 0 Å². The van der Waals surface area contributed by atoms with Crippen molar-refractivity contribution < 1.29 is 13.9 Å². The fraction of sp³-hybridized carbons (Fsp3) is 0.500. The number of hydrogen-bond acceptors (Lipinski definition) is 3. The highest BCUT2D eigenvalue weighted by Gasteiger charge is 2.24. The van der Waals surface area contributed by atoms with Gasteiger partial charge in [-0.25, -0.2) is 4.39 Å². The molecule has 0 amide bonds. The second kappa shape index (κ2) is 3.94. The summed E-state index contributed by atoms with van der Waals surface area (Å²) in [7, 11) is 0. The first kappa shape index (κ1) is 9.90. The molecule has 86 valence electrons. The van der Waals surface area contributed by atoms with Crippen molar-refractivity contribution in [3.8, 4) is 11.5 Å². The first-order valence-corrected chi connectivity index (χ1v) is 5.62. The molecule has 1 fully saturated rings. The molecule has 3 rings (SSSR count). The van der Waals surface area contributed by atoms with E-state index in [9.17, 15) is 4.39 Å². The molecule has 0 bridgehead atoms. The molecule has 2 heterocycles. The van der Waals surface area contributed by atoms with E-state index < -0.39 is 0 Å². The van der Waals surface area contributed by atoms with E-state index in [1.54, 1.807) is 6.07 Å². The Balaban J connectivity index is 1.90. The Kier molecular flexibility index (Phi) is 2.44. The molecule has 4 heteroatoms. The first-order chi connectivity index (χ1) is 7.84. The molecule has 1 atom stereocenters. The number of nitrogens with one attached hydrogen (secondary N) is 1. The highest BCUT2D eigenvalue weighted by molar-refractivity contribution is 5.49. The number of benzene rings is 1. The van der Waals surface area contributed by atoms with Crippen LogP contribution in [0.3, 0.4) is 0 Å². The molecule has 1 aromatic carbocycles. The van der Waals surface area contributed by atoms with Crippen molar-refractivity contribution in [1.82, 2.24) is 5.32 Å². The van der Waals surface area contributed by atoms with Crippen LogP contribution in [0.4, 0.5) is 4.39 Å². The highest BCUT2D eigenvalue weighted by atomic mass is 19.1. The monoisotopic (exact) mass is 223 g/mol. The van der Waals surface area contributed by atoms with Crippen LogP contribution in [-0.4, -0.2) is 19.9 Å². The largest absolute Gasteiger partial charge is 0.454 e. The van der Waals surface area contributed by atoms with Crippen LogP contribution in [0.2, 0.25) is 0 Å². The Morgan fingerprint density at radius 2 is 2.31 bits per heavy atom. The summed E-state index contributed by atoms with van der Waals surface area (Å²) in [4.78, 5) is 0. The Bertz CT molecular complexity index is 402. The van der Waals surface area contributed by atoms with Gasteiger partial charge in [-0.15, -0.1) is 0 Å². The highest BCUT2D eigenvalue weighted by Crippen LogP contribution is 2.38. The molecule has 1 saturated heterocycles. The van der Waals surface area contributed by atoms with Crippen molar-refractivity contribution in [2.75, 3.05) is 19.9 Å². The minimum absolute atomic E-state index is 0.184. The average Bonchev–Trinajstić information content (AvgIpc) is 2.92. The lowest BCUT2D eigenvalue weighted by Gasteiger charge is -2.11. The Hall–Kier alpha value is -1.29. The zero-order valence-corrected chi connectivity index (χ0v) is 8.96. The number of fused-ring (bicyclic) bond motifs is 1. The molecular weight excluding hydrogens is 209 g/mol. The van der Waals surface area contributed by atoms with E-state index in [0.717, 1.165) is 25.9 Å². The standard InChI is InChI=1S/C12H14FNO2/c13-10-1-2-11-12(16-7-15-11)9(10)5-8-3-4-14-6-8/h1-2,8,14H,3-7H2. The maximum Gasteiger partial charge on any atom is 0.231 e. The van der Waals surface area contributed by atoms with Crippen LogP contribution in [-0.2, 0) is 6.42 Å². The summed E-state index contributed by atoms with van der Waals surface area (Å²) in [5.41, 5.74) is 0.670. The van der Waals surface area contributed by atoms with E-state index in [1.807, 2.05) is 0 Å². The Labute approximate surface area is 93.6 Å². The van der Waals surface area contributed by atoms with E-state index in [1.165, 1.54) is 6.07 Å². The van der Waals surface area contributed by atoms with Crippen LogP contribution in [0, 0.1) is 11.7 Å². The summed E-state index contributed by atoms with van der Waals surface area (Å²) in [5.74, 6) is 1.59. The molecule has 2 aliphatic rings. The zero-order valence-electron chi connectivity index (χ0n) is 8.96. The number of rotatable bonds is 2. The predicted molar refractivity (Wildman–Crippen MR) is 57.2 cm³/mol. The van der Waals surface area contributed by atoms with Gasteiger partial charge in [-0.1, -0.05) is 0 Å². The summed E-state index contributed by atoms with van der Waals surface area (Å²) in [6.45, 7) is 2.19. The fourth-order valence-electron chi connectivity index (χ4n) is 2.37. The lowest BCUT2D eigenvalue weighted by molar-refractivity contribution is 0.173. The van der Waals surface area contributed by atoms with Gasteiger partial charge in [-0.05, 0) is 44.0 Å². The van der Waals surface area contributed by atoms with Crippen LogP contribution in [0.15, 0.2) is 12.1 Å². The fourth-order valence-corrected chi connectivity index (χ4v) is 2.37. The third-order valence-electron chi connectivity index (χ3n) is 3.24. The summed E-state index contributed by atoms with van der Waals surface area (Å²) in [5, 5.41) is 3.29. The minimum Gasteiger partial charge on any atom is -0.454 e. The summed E-state index contributed by atoms with van der Waals surface area (Å²) < 4.78 is 24.3. The summed E-state index contributed by atoms with van der Waals surface area (Å²) in [6, 6.07) is 3.10. The third kappa shape index (κ3) is 1.63. The van der Waals surface area contributed by atoms with Crippen LogP contribution in [0.5, 0.6) is 11.5 Å². The van der Waals surface area contributed by atoms with Gasteiger partial charge in [0, 0.05) is 5.56 Å². The first-order valence-electron chi connectivity index (χ1n) is 5.62. The maximum absolute atomic E-state index is 13.7. The lowest BCUT2D eigenvalue weighted by atomic mass is 9.97. The SMILES string of the molecule is Fc1ccc2c(c1CC1CCNC1)OCO2. The van der Waals surface area contributed by atoms with E-state index in [0.29, 0.717) is 23.0 Å². The average molecular weight is 223 g/mol. The number of hydrogen-bond donors (Lipinski definition) is 1. The molecule has 0 saturated carbocycles. The lowest BCUT2D eigenvalue weighted by Crippen LogP contribution is -2.11. The van der Waals surface area contributed by atoms with Gasteiger partial charge in [0.25, 0.3) is 0 Å². The van der Waals surface area contributed by atoms with E-state index in [-0.39, 0.29) is 12.6 Å². The smallest absolute Gasteiger partial charge is 0.231 e. The van der Waals surface area contributed by atoms with Gasteiger partial charge in [0.05, 0.1) is 0 Å². The topological polar surface area (TPSA) is 30.5 Å². The third-order valence-corrected chi connectivity index (χ3v) is 3.24. The molecule has 0 spiro atoms. The summed E-state index contributed by atoms with van der Waals surface area (Å²) in [6.07, 6.45) is 1.83. The van der Waals surface area contributed by atoms with Gasteiger partial charge >= 0.3 is 0 Å². The van der Waals surface area contributed by atoms with Crippen LogP contribution in [0.25, 0.3) is 0 Å². The van der Waals surface area contributed by atoms with Gasteiger partial charge in [-0.3, -0.25) is 0 Å². The second-order valence-electron chi connectivity index (χ2n) is 4.32. The van der Waals surface area contributed by atoms with E-state index >= 15 is 0 Å². The minimum atomic E-state index is -0.184.